The van der Waals surface area contributed by atoms with Gasteiger partial charge in [-0.25, -0.2) is 8.42 Å². The number of sulfonamides is 1. The maximum atomic E-state index is 14.1. The van der Waals surface area contributed by atoms with Crippen molar-refractivity contribution in [2.45, 2.75) is 50.5 Å². The van der Waals surface area contributed by atoms with Gasteiger partial charge in [-0.2, -0.15) is 4.31 Å². The number of hydrogen-bond acceptors (Lipinski definition) is 4. The van der Waals surface area contributed by atoms with Gasteiger partial charge in [0.05, 0.1) is 11.6 Å². The van der Waals surface area contributed by atoms with Gasteiger partial charge in [0, 0.05) is 43.6 Å². The van der Waals surface area contributed by atoms with Gasteiger partial charge in [0.1, 0.15) is 4.90 Å². The van der Waals surface area contributed by atoms with E-state index in [4.69, 9.17) is 0 Å². The second kappa shape index (κ2) is 12.9. The van der Waals surface area contributed by atoms with Gasteiger partial charge in [-0.15, -0.1) is 0 Å². The van der Waals surface area contributed by atoms with Crippen LogP contribution in [0, 0.1) is 5.92 Å². The van der Waals surface area contributed by atoms with Crippen LogP contribution in [-0.2, 0) is 39.0 Å². The molecule has 9 heteroatoms. The molecule has 3 aromatic rings. The molecule has 1 fully saturated rings. The first-order valence-electron chi connectivity index (χ1n) is 14.3. The molecule has 0 saturated carbocycles. The van der Waals surface area contributed by atoms with E-state index in [0.29, 0.717) is 62.0 Å². The monoisotopic (exact) mass is 637 g/mol. The molecule has 1 unspecified atom stereocenters. The van der Waals surface area contributed by atoms with E-state index in [9.17, 15) is 18.0 Å². The summed E-state index contributed by atoms with van der Waals surface area (Å²) in [6, 6.07) is 23.5. The van der Waals surface area contributed by atoms with Crippen molar-refractivity contribution in [1.82, 2.24) is 9.21 Å². The van der Waals surface area contributed by atoms with E-state index in [1.165, 1.54) is 4.31 Å². The minimum absolute atomic E-state index is 0.0213. The highest BCUT2D eigenvalue weighted by atomic mass is 79.9. The lowest BCUT2D eigenvalue weighted by Gasteiger charge is -2.35. The Kier molecular flexibility index (Phi) is 9.26. The van der Waals surface area contributed by atoms with Crippen LogP contribution < -0.4 is 4.90 Å². The van der Waals surface area contributed by atoms with Gasteiger partial charge < -0.3 is 9.80 Å². The molecule has 0 spiro atoms. The van der Waals surface area contributed by atoms with Crippen LogP contribution in [0.5, 0.6) is 0 Å². The van der Waals surface area contributed by atoms with E-state index in [2.05, 4.69) is 28.1 Å². The maximum absolute atomic E-state index is 14.1. The van der Waals surface area contributed by atoms with Crippen LogP contribution in [0.25, 0.3) is 0 Å². The molecule has 216 valence electrons. The van der Waals surface area contributed by atoms with E-state index in [0.717, 1.165) is 23.1 Å². The number of piperidine rings is 1. The van der Waals surface area contributed by atoms with Crippen LogP contribution in [0.4, 0.5) is 5.69 Å². The summed E-state index contributed by atoms with van der Waals surface area (Å²) in [5.74, 6) is -0.553. The molecular formula is C32H36BrN3O4S. The Bertz CT molecular complexity index is 1500. The van der Waals surface area contributed by atoms with Crippen molar-refractivity contribution in [3.05, 3.63) is 94.0 Å². The van der Waals surface area contributed by atoms with Crippen molar-refractivity contribution in [1.29, 1.82) is 0 Å². The van der Waals surface area contributed by atoms with E-state index in [1.54, 1.807) is 17.9 Å². The Morgan fingerprint density at radius 2 is 1.66 bits per heavy atom. The summed E-state index contributed by atoms with van der Waals surface area (Å²) in [6.45, 7) is 3.75. The lowest BCUT2D eigenvalue weighted by Crippen LogP contribution is -2.47. The molecule has 5 rings (SSSR count). The van der Waals surface area contributed by atoms with E-state index in [-0.39, 0.29) is 23.3 Å². The van der Waals surface area contributed by atoms with E-state index >= 15 is 0 Å². The zero-order valence-corrected chi connectivity index (χ0v) is 25.7. The summed E-state index contributed by atoms with van der Waals surface area (Å²) >= 11 is 3.48. The molecule has 0 aliphatic carbocycles. The van der Waals surface area contributed by atoms with Crippen LogP contribution in [0.2, 0.25) is 0 Å². The van der Waals surface area contributed by atoms with Gasteiger partial charge in [-0.1, -0.05) is 83.5 Å². The summed E-state index contributed by atoms with van der Waals surface area (Å²) in [7, 11) is -3.95. The second-order valence-corrected chi connectivity index (χ2v) is 13.6. The van der Waals surface area contributed by atoms with Crippen molar-refractivity contribution in [2.24, 2.45) is 5.92 Å². The third kappa shape index (κ3) is 6.58. The first kappa shape index (κ1) is 29.5. The molecule has 1 atom stereocenters. The number of fused-ring (bicyclic) bond motifs is 1. The summed E-state index contributed by atoms with van der Waals surface area (Å²) in [5, 5.41) is 0. The van der Waals surface area contributed by atoms with Crippen molar-refractivity contribution in [3.8, 4) is 0 Å². The highest BCUT2D eigenvalue weighted by Crippen LogP contribution is 2.40. The molecule has 1 saturated heterocycles. The molecule has 0 aromatic heterocycles. The maximum Gasteiger partial charge on any atom is 0.245 e. The molecular weight excluding hydrogens is 602 g/mol. The fraction of sp³-hybridized carbons (Fsp3) is 0.375. The average Bonchev–Trinajstić information content (AvgIpc) is 3.42. The second-order valence-electron chi connectivity index (χ2n) is 10.7. The van der Waals surface area contributed by atoms with Crippen LogP contribution in [0.15, 0.2) is 82.2 Å². The van der Waals surface area contributed by atoms with E-state index in [1.807, 2.05) is 59.5 Å². The topological polar surface area (TPSA) is 78.0 Å². The normalized spacial score (nSPS) is 17.3. The smallest absolute Gasteiger partial charge is 0.245 e. The molecule has 0 radical (unpaired) electrons. The molecule has 2 amide bonds. The highest BCUT2D eigenvalue weighted by Gasteiger charge is 2.39. The molecule has 41 heavy (non-hydrogen) atoms. The number of anilines is 1. The molecule has 3 aromatic carbocycles. The van der Waals surface area contributed by atoms with Gasteiger partial charge in [0.2, 0.25) is 21.8 Å². The zero-order valence-electron chi connectivity index (χ0n) is 23.3. The van der Waals surface area contributed by atoms with Crippen molar-refractivity contribution >= 4 is 43.5 Å². The quantitative estimate of drug-likeness (QED) is 0.314. The summed E-state index contributed by atoms with van der Waals surface area (Å²) in [6.07, 6.45) is 2.87. The Labute approximate surface area is 251 Å². The number of carbonyl (C=O) groups is 2. The fourth-order valence-corrected chi connectivity index (χ4v) is 8.29. The van der Waals surface area contributed by atoms with Crippen molar-refractivity contribution in [2.75, 3.05) is 31.1 Å². The number of carbonyl (C=O) groups excluding carboxylic acids is 2. The fourth-order valence-electron chi connectivity index (χ4n) is 5.85. The van der Waals surface area contributed by atoms with Crippen LogP contribution in [0.1, 0.15) is 42.9 Å². The van der Waals surface area contributed by atoms with Crippen LogP contribution >= 0.6 is 15.9 Å². The third-order valence-corrected chi connectivity index (χ3v) is 10.3. The molecule has 0 bridgehead atoms. The third-order valence-electron chi connectivity index (χ3n) is 7.99. The summed E-state index contributed by atoms with van der Waals surface area (Å²) in [5.41, 5.74) is 3.53. The molecule has 2 aliphatic heterocycles. The number of halogens is 1. The minimum atomic E-state index is -3.95. The van der Waals surface area contributed by atoms with Gasteiger partial charge in [0.25, 0.3) is 0 Å². The van der Waals surface area contributed by atoms with Gasteiger partial charge in [0.15, 0.2) is 0 Å². The predicted molar refractivity (Wildman–Crippen MR) is 164 cm³/mol. The molecule has 7 nitrogen and oxygen atoms in total. The number of amides is 2. The average molecular weight is 639 g/mol. The molecule has 2 heterocycles. The highest BCUT2D eigenvalue weighted by molar-refractivity contribution is 9.10. The van der Waals surface area contributed by atoms with Crippen molar-refractivity contribution < 1.29 is 18.0 Å². The first-order valence-corrected chi connectivity index (χ1v) is 16.5. The Hall–Kier alpha value is -3.01. The standard InChI is InChI=1S/C32H36BrN3O4S/c1-2-30(37)36-19-16-26-20-28(33)21-29(31(26)36)41(39,40)35-17-9-14-27(23-35)32(38)34(22-25-12-7-4-8-13-25)18-15-24-10-5-3-6-11-24/h3-8,10-13,20-21,27H,2,9,14-19,22-23H2,1H3. The lowest BCUT2D eigenvalue weighted by atomic mass is 9.97. The number of nitrogens with zero attached hydrogens (tertiary/aromatic N) is 3. The Morgan fingerprint density at radius 1 is 0.976 bits per heavy atom. The van der Waals surface area contributed by atoms with Gasteiger partial charge in [-0.05, 0) is 54.5 Å². The number of rotatable bonds is 9. The van der Waals surface area contributed by atoms with Crippen molar-refractivity contribution in [3.63, 3.8) is 0 Å². The molecule has 0 N–H and O–H groups in total. The first-order chi connectivity index (χ1) is 19.8. The van der Waals surface area contributed by atoms with Gasteiger partial charge >= 0.3 is 0 Å². The summed E-state index contributed by atoms with van der Waals surface area (Å²) < 4.78 is 30.4. The summed E-state index contributed by atoms with van der Waals surface area (Å²) in [4.78, 5) is 30.3. The largest absolute Gasteiger partial charge is 0.338 e. The SMILES string of the molecule is CCC(=O)N1CCc2cc(Br)cc(S(=O)(=O)N3CCCC(C(=O)N(CCc4ccccc4)Cc4ccccc4)C3)c21. The van der Waals surface area contributed by atoms with Gasteiger partial charge in [-0.3, -0.25) is 9.59 Å². The zero-order chi connectivity index (χ0) is 29.0. The minimum Gasteiger partial charge on any atom is -0.338 e. The number of hydrogen-bond donors (Lipinski definition) is 0. The number of benzene rings is 3. The lowest BCUT2D eigenvalue weighted by molar-refractivity contribution is -0.137. The Balaban J connectivity index is 1.39. The van der Waals surface area contributed by atoms with Crippen LogP contribution in [-0.4, -0.2) is 55.6 Å². The predicted octanol–water partition coefficient (Wildman–Crippen LogP) is 5.42. The Morgan fingerprint density at radius 3 is 2.34 bits per heavy atom. The van der Waals surface area contributed by atoms with Crippen LogP contribution in [0.3, 0.4) is 0 Å². The van der Waals surface area contributed by atoms with E-state index < -0.39 is 15.9 Å². The molecule has 2 aliphatic rings.